The summed E-state index contributed by atoms with van der Waals surface area (Å²) in [4.78, 5) is 11.9. The van der Waals surface area contributed by atoms with Gasteiger partial charge in [0.2, 0.25) is 0 Å². The molecular weight excluding hydrogens is 452 g/mol. The predicted molar refractivity (Wildman–Crippen MR) is 165 cm³/mol. The molecule has 0 saturated heterocycles. The number of esters is 1. The van der Waals surface area contributed by atoms with E-state index in [0.717, 1.165) is 18.8 Å². The highest BCUT2D eigenvalue weighted by atomic mass is 16.5. The van der Waals surface area contributed by atoms with E-state index in [0.29, 0.717) is 13.0 Å². The van der Waals surface area contributed by atoms with E-state index < -0.39 is 0 Å². The Hall–Kier alpha value is -0.530. The molecule has 2 heteroatoms. The van der Waals surface area contributed by atoms with Crippen LogP contribution in [-0.2, 0) is 9.53 Å². The first kappa shape index (κ1) is 36.5. The second-order valence-corrected chi connectivity index (χ2v) is 12.3. The molecule has 0 amide bonds. The van der Waals surface area contributed by atoms with E-state index in [1.165, 1.54) is 167 Å². The first-order valence-corrected chi connectivity index (χ1v) is 17.3. The summed E-state index contributed by atoms with van der Waals surface area (Å²) < 4.78 is 5.43. The van der Waals surface area contributed by atoms with Crippen molar-refractivity contribution in [3.8, 4) is 0 Å². The smallest absolute Gasteiger partial charge is 0.305 e. The zero-order valence-corrected chi connectivity index (χ0v) is 26.1. The molecule has 2 nitrogen and oxygen atoms in total. The summed E-state index contributed by atoms with van der Waals surface area (Å²) in [6, 6.07) is 0. The van der Waals surface area contributed by atoms with E-state index in [2.05, 4.69) is 20.8 Å². The van der Waals surface area contributed by atoms with Crippen LogP contribution in [0.15, 0.2) is 0 Å². The highest BCUT2D eigenvalue weighted by molar-refractivity contribution is 5.69. The second-order valence-electron chi connectivity index (χ2n) is 12.3. The second kappa shape index (κ2) is 31.7. The highest BCUT2D eigenvalue weighted by Gasteiger charge is 2.03. The maximum atomic E-state index is 11.9. The largest absolute Gasteiger partial charge is 0.466 e. The molecule has 0 bridgehead atoms. The van der Waals surface area contributed by atoms with Crippen LogP contribution in [0.5, 0.6) is 0 Å². The number of carbonyl (C=O) groups is 1. The van der Waals surface area contributed by atoms with Crippen LogP contribution in [-0.4, -0.2) is 12.6 Å². The minimum Gasteiger partial charge on any atom is -0.466 e. The van der Waals surface area contributed by atoms with Crippen LogP contribution in [0, 0.1) is 5.92 Å². The number of hydrogen-bond acceptors (Lipinski definition) is 2. The maximum absolute atomic E-state index is 11.9. The maximum Gasteiger partial charge on any atom is 0.305 e. The first-order chi connectivity index (χ1) is 18.2. The van der Waals surface area contributed by atoms with Gasteiger partial charge in [-0.2, -0.15) is 0 Å². The fourth-order valence-corrected chi connectivity index (χ4v) is 5.32. The van der Waals surface area contributed by atoms with E-state index in [9.17, 15) is 4.79 Å². The number of unbranched alkanes of at least 4 members (excludes halogenated alkanes) is 25. The standard InChI is InChI=1S/C35H70O2/c1-4-5-6-7-8-9-10-11-12-13-14-17-20-23-26-29-32-35(36)37-33-30-27-24-21-18-15-16-19-22-25-28-31-34(2)3/h34H,4-33H2,1-3H3. The summed E-state index contributed by atoms with van der Waals surface area (Å²) >= 11 is 0. The van der Waals surface area contributed by atoms with Crippen molar-refractivity contribution in [1.82, 2.24) is 0 Å². The summed E-state index contributed by atoms with van der Waals surface area (Å²) in [7, 11) is 0. The van der Waals surface area contributed by atoms with Crippen LogP contribution < -0.4 is 0 Å². The average Bonchev–Trinajstić information content (AvgIpc) is 2.88. The summed E-state index contributed by atoms with van der Waals surface area (Å²) in [5.74, 6) is 0.894. The van der Waals surface area contributed by atoms with E-state index in [1.54, 1.807) is 0 Å². The van der Waals surface area contributed by atoms with Gasteiger partial charge in [0, 0.05) is 6.42 Å². The van der Waals surface area contributed by atoms with Crippen molar-refractivity contribution >= 4 is 5.97 Å². The molecule has 0 atom stereocenters. The minimum atomic E-state index is 0.0266. The third-order valence-electron chi connectivity index (χ3n) is 7.92. The number of carbonyl (C=O) groups excluding carboxylic acids is 1. The molecular formula is C35H70O2. The monoisotopic (exact) mass is 523 g/mol. The molecule has 0 aromatic carbocycles. The van der Waals surface area contributed by atoms with Crippen LogP contribution in [0.2, 0.25) is 0 Å². The van der Waals surface area contributed by atoms with E-state index >= 15 is 0 Å². The van der Waals surface area contributed by atoms with Gasteiger partial charge in [0.05, 0.1) is 6.61 Å². The molecule has 0 spiro atoms. The van der Waals surface area contributed by atoms with E-state index in [-0.39, 0.29) is 5.97 Å². The Morgan fingerprint density at radius 1 is 0.459 bits per heavy atom. The lowest BCUT2D eigenvalue weighted by molar-refractivity contribution is -0.143. The normalized spacial score (nSPS) is 11.5. The lowest BCUT2D eigenvalue weighted by Crippen LogP contribution is -2.05. The molecule has 0 saturated carbocycles. The molecule has 0 radical (unpaired) electrons. The van der Waals surface area contributed by atoms with Gasteiger partial charge in [0.15, 0.2) is 0 Å². The molecule has 0 N–H and O–H groups in total. The molecule has 0 aromatic rings. The molecule has 0 aliphatic carbocycles. The van der Waals surface area contributed by atoms with Crippen LogP contribution >= 0.6 is 0 Å². The Morgan fingerprint density at radius 3 is 1.16 bits per heavy atom. The van der Waals surface area contributed by atoms with Crippen molar-refractivity contribution < 1.29 is 9.53 Å². The number of hydrogen-bond donors (Lipinski definition) is 0. The zero-order valence-electron chi connectivity index (χ0n) is 26.1. The fourth-order valence-electron chi connectivity index (χ4n) is 5.32. The van der Waals surface area contributed by atoms with Crippen LogP contribution in [0.3, 0.4) is 0 Å². The summed E-state index contributed by atoms with van der Waals surface area (Å²) in [6.07, 6.45) is 38.7. The van der Waals surface area contributed by atoms with Crippen molar-refractivity contribution in [1.29, 1.82) is 0 Å². The van der Waals surface area contributed by atoms with Crippen molar-refractivity contribution in [2.75, 3.05) is 6.61 Å². The fraction of sp³-hybridized carbons (Fsp3) is 0.971. The van der Waals surface area contributed by atoms with Gasteiger partial charge in [-0.15, -0.1) is 0 Å². The topological polar surface area (TPSA) is 26.3 Å². The number of rotatable bonds is 31. The minimum absolute atomic E-state index is 0.0266. The Morgan fingerprint density at radius 2 is 0.784 bits per heavy atom. The molecule has 0 rings (SSSR count). The van der Waals surface area contributed by atoms with Crippen LogP contribution in [0.1, 0.15) is 207 Å². The van der Waals surface area contributed by atoms with Gasteiger partial charge in [-0.05, 0) is 18.8 Å². The third-order valence-corrected chi connectivity index (χ3v) is 7.92. The molecule has 0 aliphatic heterocycles. The Labute approximate surface area is 234 Å². The molecule has 0 heterocycles. The lowest BCUT2D eigenvalue weighted by Gasteiger charge is -2.06. The van der Waals surface area contributed by atoms with Gasteiger partial charge >= 0.3 is 5.97 Å². The predicted octanol–water partition coefficient (Wildman–Crippen LogP) is 12.5. The van der Waals surface area contributed by atoms with E-state index in [1.807, 2.05) is 0 Å². The van der Waals surface area contributed by atoms with Gasteiger partial charge in [0.1, 0.15) is 0 Å². The molecule has 0 fully saturated rings. The average molecular weight is 523 g/mol. The van der Waals surface area contributed by atoms with Gasteiger partial charge in [0.25, 0.3) is 0 Å². The van der Waals surface area contributed by atoms with Crippen molar-refractivity contribution in [3.05, 3.63) is 0 Å². The third kappa shape index (κ3) is 33.4. The molecule has 37 heavy (non-hydrogen) atoms. The molecule has 222 valence electrons. The van der Waals surface area contributed by atoms with Gasteiger partial charge < -0.3 is 4.74 Å². The molecule has 0 aliphatic rings. The van der Waals surface area contributed by atoms with Crippen LogP contribution in [0.25, 0.3) is 0 Å². The van der Waals surface area contributed by atoms with Gasteiger partial charge in [-0.25, -0.2) is 0 Å². The van der Waals surface area contributed by atoms with E-state index in [4.69, 9.17) is 4.74 Å². The first-order valence-electron chi connectivity index (χ1n) is 17.3. The number of ether oxygens (including phenoxy) is 1. The zero-order chi connectivity index (χ0) is 27.1. The SMILES string of the molecule is CCCCCCCCCCCCCCCCCCC(=O)OCCCCCCCCCCCCCC(C)C. The Kier molecular flexibility index (Phi) is 31.2. The summed E-state index contributed by atoms with van der Waals surface area (Å²) in [5.41, 5.74) is 0. The van der Waals surface area contributed by atoms with Crippen LogP contribution in [0.4, 0.5) is 0 Å². The molecule has 0 aromatic heterocycles. The summed E-state index contributed by atoms with van der Waals surface area (Å²) in [5, 5.41) is 0. The highest BCUT2D eigenvalue weighted by Crippen LogP contribution is 2.15. The lowest BCUT2D eigenvalue weighted by atomic mass is 10.0. The van der Waals surface area contributed by atoms with Gasteiger partial charge in [-0.3, -0.25) is 4.79 Å². The quantitative estimate of drug-likeness (QED) is 0.0668. The van der Waals surface area contributed by atoms with Crippen molar-refractivity contribution in [2.45, 2.75) is 207 Å². The Bertz CT molecular complexity index is 431. The summed E-state index contributed by atoms with van der Waals surface area (Å²) in [6.45, 7) is 7.57. The van der Waals surface area contributed by atoms with Crippen molar-refractivity contribution in [2.24, 2.45) is 5.92 Å². The van der Waals surface area contributed by atoms with Gasteiger partial charge in [-0.1, -0.05) is 188 Å². The molecule has 0 unspecified atom stereocenters. The Balaban J connectivity index is 3.15. The van der Waals surface area contributed by atoms with Crippen molar-refractivity contribution in [3.63, 3.8) is 0 Å².